The molecule has 0 saturated carbocycles. The molecular formula is C49H30N4. The van der Waals surface area contributed by atoms with E-state index in [9.17, 15) is 0 Å². The van der Waals surface area contributed by atoms with Crippen molar-refractivity contribution in [3.63, 3.8) is 0 Å². The SMILES string of the molecule is [C-]#[N+]c1ccc2c(c1)c1cc3c(cc1n2-c1cccc(-c2cccc(-n4c5ccccc5c5ccccc54)c2)c1)c1ccccc1n3-c1ccccc1. The highest BCUT2D eigenvalue weighted by molar-refractivity contribution is 6.19. The van der Waals surface area contributed by atoms with Gasteiger partial charge in [-0.2, -0.15) is 0 Å². The van der Waals surface area contributed by atoms with Crippen molar-refractivity contribution in [1.29, 1.82) is 0 Å². The standard InChI is InChI=1S/C49H30N4/c1-50-34-25-26-47-41(29-34)43-31-48-42(40-21-7-10-24-46(40)51(48)35-15-3-2-4-16-35)30-49(43)53(47)37-18-12-14-33(28-37)32-13-11-17-36(27-32)52-44-22-8-5-19-38(44)39-20-6-9-23-45(39)52/h2-31H. The fraction of sp³-hybridized carbons (Fsp3) is 0. The van der Waals surface area contributed by atoms with E-state index < -0.39 is 0 Å². The molecule has 0 fully saturated rings. The van der Waals surface area contributed by atoms with Crippen molar-refractivity contribution in [2.45, 2.75) is 0 Å². The highest BCUT2D eigenvalue weighted by Crippen LogP contribution is 2.41. The third-order valence-corrected chi connectivity index (χ3v) is 10.8. The molecule has 0 spiro atoms. The van der Waals surface area contributed by atoms with Gasteiger partial charge in [0.25, 0.3) is 0 Å². The van der Waals surface area contributed by atoms with Crippen LogP contribution in [0.5, 0.6) is 0 Å². The van der Waals surface area contributed by atoms with Gasteiger partial charge in [-0.3, -0.25) is 0 Å². The molecule has 0 saturated heterocycles. The van der Waals surface area contributed by atoms with Crippen molar-refractivity contribution in [2.75, 3.05) is 0 Å². The molecule has 0 aliphatic carbocycles. The minimum absolute atomic E-state index is 0.635. The van der Waals surface area contributed by atoms with Gasteiger partial charge in [-0.1, -0.05) is 103 Å². The smallest absolute Gasteiger partial charge is 0.188 e. The normalized spacial score (nSPS) is 11.8. The number of rotatable bonds is 4. The quantitative estimate of drug-likeness (QED) is 0.166. The zero-order chi connectivity index (χ0) is 35.0. The van der Waals surface area contributed by atoms with Gasteiger partial charge in [-0.15, -0.1) is 0 Å². The van der Waals surface area contributed by atoms with Gasteiger partial charge < -0.3 is 13.7 Å². The minimum atomic E-state index is 0.635. The van der Waals surface area contributed by atoms with E-state index in [1.807, 2.05) is 12.1 Å². The van der Waals surface area contributed by atoms with Crippen LogP contribution in [-0.4, -0.2) is 13.7 Å². The van der Waals surface area contributed by atoms with Crippen LogP contribution in [0.4, 0.5) is 5.69 Å². The van der Waals surface area contributed by atoms with E-state index in [1.165, 1.54) is 38.1 Å². The number of benzene rings is 8. The Kier molecular flexibility index (Phi) is 6.28. The Balaban J connectivity index is 1.14. The maximum atomic E-state index is 7.84. The van der Waals surface area contributed by atoms with Crippen LogP contribution in [0.3, 0.4) is 0 Å². The summed E-state index contributed by atoms with van der Waals surface area (Å²) >= 11 is 0. The topological polar surface area (TPSA) is 19.1 Å². The summed E-state index contributed by atoms with van der Waals surface area (Å²) in [5.41, 5.74) is 13.2. The zero-order valence-corrected chi connectivity index (χ0v) is 28.6. The van der Waals surface area contributed by atoms with Crippen molar-refractivity contribution in [3.8, 4) is 28.2 Å². The first kappa shape index (κ1) is 29.4. The number of fused-ring (bicyclic) bond motifs is 9. The van der Waals surface area contributed by atoms with E-state index >= 15 is 0 Å². The van der Waals surface area contributed by atoms with Crippen molar-refractivity contribution in [1.82, 2.24) is 13.7 Å². The lowest BCUT2D eigenvalue weighted by molar-refractivity contribution is 1.17. The first-order valence-electron chi connectivity index (χ1n) is 17.9. The first-order chi connectivity index (χ1) is 26.2. The van der Waals surface area contributed by atoms with Gasteiger partial charge in [0.15, 0.2) is 5.69 Å². The molecule has 246 valence electrons. The van der Waals surface area contributed by atoms with Gasteiger partial charge in [0.1, 0.15) is 0 Å². The van der Waals surface area contributed by atoms with E-state index in [0.29, 0.717) is 5.69 Å². The summed E-state index contributed by atoms with van der Waals surface area (Å²) in [6.07, 6.45) is 0. The van der Waals surface area contributed by atoms with Gasteiger partial charge in [0, 0.05) is 44.0 Å². The zero-order valence-electron chi connectivity index (χ0n) is 28.6. The summed E-state index contributed by atoms with van der Waals surface area (Å²) in [6, 6.07) is 65.0. The molecular weight excluding hydrogens is 645 g/mol. The third kappa shape index (κ3) is 4.35. The van der Waals surface area contributed by atoms with E-state index in [-0.39, 0.29) is 0 Å². The lowest BCUT2D eigenvalue weighted by Gasteiger charge is -2.13. The van der Waals surface area contributed by atoms with Crippen LogP contribution in [0.15, 0.2) is 182 Å². The predicted octanol–water partition coefficient (Wildman–Crippen LogP) is 13.2. The van der Waals surface area contributed by atoms with Gasteiger partial charge in [-0.25, -0.2) is 4.85 Å². The number of aromatic nitrogens is 3. The summed E-state index contributed by atoms with van der Waals surface area (Å²) in [4.78, 5) is 3.83. The highest BCUT2D eigenvalue weighted by atomic mass is 15.0. The second-order valence-corrected chi connectivity index (χ2v) is 13.7. The molecule has 0 aliphatic heterocycles. The van der Waals surface area contributed by atoms with Crippen LogP contribution in [0.1, 0.15) is 0 Å². The predicted molar refractivity (Wildman–Crippen MR) is 221 cm³/mol. The number of nitrogens with zero attached hydrogens (tertiary/aromatic N) is 4. The van der Waals surface area contributed by atoms with Crippen LogP contribution in [0, 0.1) is 6.57 Å². The summed E-state index contributed by atoms with van der Waals surface area (Å²) in [6.45, 7) is 7.84. The number of hydrogen-bond donors (Lipinski definition) is 0. The summed E-state index contributed by atoms with van der Waals surface area (Å²) < 4.78 is 7.10. The van der Waals surface area contributed by atoms with Crippen molar-refractivity contribution in [3.05, 3.63) is 193 Å². The van der Waals surface area contributed by atoms with Crippen molar-refractivity contribution < 1.29 is 0 Å². The molecule has 0 unspecified atom stereocenters. The molecule has 8 aromatic carbocycles. The Hall–Kier alpha value is -7.35. The minimum Gasteiger partial charge on any atom is -0.309 e. The van der Waals surface area contributed by atoms with E-state index in [1.54, 1.807) is 0 Å². The summed E-state index contributed by atoms with van der Waals surface area (Å²) in [5, 5.41) is 7.10. The molecule has 11 aromatic rings. The van der Waals surface area contributed by atoms with Crippen LogP contribution in [0.2, 0.25) is 0 Å². The Bertz CT molecular complexity index is 3240. The largest absolute Gasteiger partial charge is 0.309 e. The molecule has 4 nitrogen and oxygen atoms in total. The van der Waals surface area contributed by atoms with Crippen LogP contribution >= 0.6 is 0 Å². The number of hydrogen-bond acceptors (Lipinski definition) is 0. The second kappa shape index (κ2) is 11.3. The van der Waals surface area contributed by atoms with Crippen LogP contribution in [-0.2, 0) is 0 Å². The van der Waals surface area contributed by atoms with Gasteiger partial charge in [0.05, 0.1) is 39.7 Å². The molecule has 3 aromatic heterocycles. The molecule has 0 amide bonds. The Morgan fingerprint density at radius 2 is 0.717 bits per heavy atom. The molecule has 3 heterocycles. The Labute approximate surface area is 305 Å². The maximum absolute atomic E-state index is 7.84. The van der Waals surface area contributed by atoms with E-state index in [2.05, 4.69) is 188 Å². The monoisotopic (exact) mass is 674 g/mol. The molecule has 53 heavy (non-hydrogen) atoms. The maximum Gasteiger partial charge on any atom is 0.188 e. The van der Waals surface area contributed by atoms with Crippen LogP contribution in [0.25, 0.3) is 98.5 Å². The van der Waals surface area contributed by atoms with Gasteiger partial charge in [-0.05, 0) is 95.4 Å². The average molecular weight is 675 g/mol. The second-order valence-electron chi connectivity index (χ2n) is 13.7. The van der Waals surface area contributed by atoms with Gasteiger partial charge >= 0.3 is 0 Å². The molecule has 4 heteroatoms. The van der Waals surface area contributed by atoms with Crippen LogP contribution < -0.4 is 0 Å². The molecule has 0 N–H and O–H groups in total. The molecule has 0 aliphatic rings. The lowest BCUT2D eigenvalue weighted by atomic mass is 10.0. The highest BCUT2D eigenvalue weighted by Gasteiger charge is 2.19. The van der Waals surface area contributed by atoms with E-state index in [4.69, 9.17) is 6.57 Å². The lowest BCUT2D eigenvalue weighted by Crippen LogP contribution is -1.96. The van der Waals surface area contributed by atoms with Crippen molar-refractivity contribution >= 4 is 71.1 Å². The molecule has 0 atom stereocenters. The fourth-order valence-electron chi connectivity index (χ4n) is 8.52. The fourth-order valence-corrected chi connectivity index (χ4v) is 8.52. The Morgan fingerprint density at radius 1 is 0.302 bits per heavy atom. The summed E-state index contributed by atoms with van der Waals surface area (Å²) in [7, 11) is 0. The molecule has 11 rings (SSSR count). The third-order valence-electron chi connectivity index (χ3n) is 10.8. The van der Waals surface area contributed by atoms with E-state index in [0.717, 1.165) is 55.5 Å². The molecule has 0 bridgehead atoms. The average Bonchev–Trinajstić information content (AvgIpc) is 3.85. The first-order valence-corrected chi connectivity index (χ1v) is 17.9. The molecule has 0 radical (unpaired) electrons. The summed E-state index contributed by atoms with van der Waals surface area (Å²) in [5.74, 6) is 0. The van der Waals surface area contributed by atoms with Gasteiger partial charge in [0.2, 0.25) is 0 Å². The number of para-hydroxylation sites is 4. The Morgan fingerprint density at radius 3 is 1.28 bits per heavy atom. The van der Waals surface area contributed by atoms with Crippen molar-refractivity contribution in [2.24, 2.45) is 0 Å².